The maximum atomic E-state index is 10.9. The number of esters is 1. The minimum Gasteiger partial charge on any atom is -0.454 e. The van der Waals surface area contributed by atoms with Gasteiger partial charge in [0, 0.05) is 6.92 Å². The molecule has 1 aromatic carbocycles. The largest absolute Gasteiger partial charge is 0.454 e. The van der Waals surface area contributed by atoms with Gasteiger partial charge in [-0.25, -0.2) is 0 Å². The Morgan fingerprint density at radius 3 is 2.35 bits per heavy atom. The molecule has 92 valence electrons. The lowest BCUT2D eigenvalue weighted by Gasteiger charge is -2.20. The monoisotopic (exact) mass is 292 g/mol. The maximum absolute atomic E-state index is 10.9. The standard InChI is InChI=1S/C12H11Cl3O2/c1-9(16)17-11(12(13,14)15)8-7-10-5-3-2-4-6-10/h2-8,11H,1H3/b8-7+. The third-order valence-corrected chi connectivity index (χ3v) is 2.52. The molecular weight excluding hydrogens is 282 g/mol. The zero-order valence-electron chi connectivity index (χ0n) is 9.07. The molecular formula is C12H11Cl3O2. The highest BCUT2D eigenvalue weighted by molar-refractivity contribution is 6.68. The summed E-state index contributed by atoms with van der Waals surface area (Å²) >= 11 is 17.1. The first-order valence-corrected chi connectivity index (χ1v) is 6.00. The molecule has 0 fully saturated rings. The molecule has 1 aromatic rings. The third kappa shape index (κ3) is 5.44. The molecule has 0 heterocycles. The average molecular weight is 294 g/mol. The summed E-state index contributed by atoms with van der Waals surface area (Å²) < 4.78 is 3.23. The highest BCUT2D eigenvalue weighted by atomic mass is 35.6. The van der Waals surface area contributed by atoms with Crippen molar-refractivity contribution in [3.8, 4) is 0 Å². The first-order valence-electron chi connectivity index (χ1n) is 4.87. The van der Waals surface area contributed by atoms with Crippen LogP contribution in [-0.2, 0) is 9.53 Å². The van der Waals surface area contributed by atoms with Crippen molar-refractivity contribution in [2.24, 2.45) is 0 Å². The van der Waals surface area contributed by atoms with E-state index in [0.717, 1.165) is 5.56 Å². The van der Waals surface area contributed by atoms with Gasteiger partial charge in [-0.3, -0.25) is 4.79 Å². The highest BCUT2D eigenvalue weighted by Crippen LogP contribution is 2.33. The summed E-state index contributed by atoms with van der Waals surface area (Å²) in [6.07, 6.45) is 2.37. The van der Waals surface area contributed by atoms with Crippen LogP contribution in [0.1, 0.15) is 12.5 Å². The Kier molecular flexibility index (Phi) is 5.31. The fourth-order valence-electron chi connectivity index (χ4n) is 1.16. The SMILES string of the molecule is CC(=O)OC(/C=C/c1ccccc1)C(Cl)(Cl)Cl. The highest BCUT2D eigenvalue weighted by Gasteiger charge is 2.33. The summed E-state index contributed by atoms with van der Waals surface area (Å²) in [7, 11) is 0. The van der Waals surface area contributed by atoms with Crippen molar-refractivity contribution in [2.45, 2.75) is 16.8 Å². The Labute approximate surface area is 115 Å². The molecule has 17 heavy (non-hydrogen) atoms. The Balaban J connectivity index is 2.80. The first kappa shape index (κ1) is 14.4. The second-order valence-electron chi connectivity index (χ2n) is 3.34. The molecule has 0 radical (unpaired) electrons. The summed E-state index contributed by atoms with van der Waals surface area (Å²) in [5.74, 6) is -0.501. The Hall–Kier alpha value is -0.700. The number of halogens is 3. The van der Waals surface area contributed by atoms with E-state index in [-0.39, 0.29) is 0 Å². The second kappa shape index (κ2) is 6.29. The van der Waals surface area contributed by atoms with Crippen LogP contribution >= 0.6 is 34.8 Å². The molecule has 5 heteroatoms. The van der Waals surface area contributed by atoms with E-state index in [0.29, 0.717) is 0 Å². The van der Waals surface area contributed by atoms with Crippen LogP contribution in [0.3, 0.4) is 0 Å². The summed E-state index contributed by atoms with van der Waals surface area (Å²) in [6.45, 7) is 1.26. The number of carbonyl (C=O) groups excluding carboxylic acids is 1. The Morgan fingerprint density at radius 1 is 1.29 bits per heavy atom. The van der Waals surface area contributed by atoms with E-state index in [2.05, 4.69) is 0 Å². The van der Waals surface area contributed by atoms with Crippen LogP contribution in [0.25, 0.3) is 6.08 Å². The molecule has 1 atom stereocenters. The van der Waals surface area contributed by atoms with Crippen LogP contribution in [0.5, 0.6) is 0 Å². The lowest BCUT2D eigenvalue weighted by Crippen LogP contribution is -2.28. The van der Waals surface area contributed by atoms with Crippen LogP contribution in [-0.4, -0.2) is 15.9 Å². The Bertz CT molecular complexity index is 396. The van der Waals surface area contributed by atoms with E-state index in [9.17, 15) is 4.79 Å². The van der Waals surface area contributed by atoms with Gasteiger partial charge in [-0.05, 0) is 11.6 Å². The van der Waals surface area contributed by atoms with Crippen LogP contribution < -0.4 is 0 Å². The van der Waals surface area contributed by atoms with Gasteiger partial charge < -0.3 is 4.74 Å². The van der Waals surface area contributed by atoms with Gasteiger partial charge in [-0.2, -0.15) is 0 Å². The molecule has 0 aliphatic heterocycles. The number of hydrogen-bond acceptors (Lipinski definition) is 2. The summed E-state index contributed by atoms with van der Waals surface area (Å²) in [5.41, 5.74) is 0.930. The molecule has 0 aliphatic rings. The van der Waals surface area contributed by atoms with Crippen LogP contribution in [0, 0.1) is 0 Å². The van der Waals surface area contributed by atoms with Gasteiger partial charge in [0.1, 0.15) is 0 Å². The van der Waals surface area contributed by atoms with Crippen molar-refractivity contribution in [1.29, 1.82) is 0 Å². The number of alkyl halides is 3. The van der Waals surface area contributed by atoms with E-state index in [1.165, 1.54) is 6.92 Å². The number of rotatable bonds is 3. The quantitative estimate of drug-likeness (QED) is 0.622. The molecule has 0 amide bonds. The zero-order chi connectivity index (χ0) is 12.9. The van der Waals surface area contributed by atoms with E-state index in [1.54, 1.807) is 12.2 Å². The predicted molar refractivity (Wildman–Crippen MR) is 71.3 cm³/mol. The lowest BCUT2D eigenvalue weighted by atomic mass is 10.2. The van der Waals surface area contributed by atoms with Gasteiger partial charge in [0.05, 0.1) is 0 Å². The van der Waals surface area contributed by atoms with Gasteiger partial charge in [-0.15, -0.1) is 0 Å². The summed E-state index contributed by atoms with van der Waals surface area (Å²) in [4.78, 5) is 10.9. The van der Waals surface area contributed by atoms with Gasteiger partial charge in [-0.1, -0.05) is 71.2 Å². The molecule has 1 unspecified atom stereocenters. The second-order valence-corrected chi connectivity index (χ2v) is 5.71. The van der Waals surface area contributed by atoms with Gasteiger partial charge >= 0.3 is 5.97 Å². The first-order chi connectivity index (χ1) is 7.89. The molecule has 2 nitrogen and oxygen atoms in total. The number of ether oxygens (including phenoxy) is 1. The van der Waals surface area contributed by atoms with E-state index >= 15 is 0 Å². The van der Waals surface area contributed by atoms with E-state index in [4.69, 9.17) is 39.5 Å². The van der Waals surface area contributed by atoms with Crippen LogP contribution in [0.15, 0.2) is 36.4 Å². The number of carbonyl (C=O) groups is 1. The van der Waals surface area contributed by atoms with Crippen molar-refractivity contribution < 1.29 is 9.53 Å². The van der Waals surface area contributed by atoms with Crippen molar-refractivity contribution in [3.63, 3.8) is 0 Å². The topological polar surface area (TPSA) is 26.3 Å². The molecule has 0 saturated heterocycles. The molecule has 0 saturated carbocycles. The van der Waals surface area contributed by atoms with Crippen molar-refractivity contribution in [1.82, 2.24) is 0 Å². The number of benzene rings is 1. The average Bonchev–Trinajstić information content (AvgIpc) is 2.23. The van der Waals surface area contributed by atoms with Gasteiger partial charge in [0.15, 0.2) is 6.10 Å². The van der Waals surface area contributed by atoms with E-state index < -0.39 is 15.9 Å². The fraction of sp³-hybridized carbons (Fsp3) is 0.250. The van der Waals surface area contributed by atoms with Crippen molar-refractivity contribution >= 4 is 46.8 Å². The number of hydrogen-bond donors (Lipinski definition) is 0. The van der Waals surface area contributed by atoms with Crippen LogP contribution in [0.2, 0.25) is 0 Å². The van der Waals surface area contributed by atoms with Crippen molar-refractivity contribution in [3.05, 3.63) is 42.0 Å². The fourth-order valence-corrected chi connectivity index (χ4v) is 1.51. The summed E-state index contributed by atoms with van der Waals surface area (Å²) in [6, 6.07) is 9.45. The van der Waals surface area contributed by atoms with Gasteiger partial charge in [0.2, 0.25) is 3.79 Å². The van der Waals surface area contributed by atoms with Crippen LogP contribution in [0.4, 0.5) is 0 Å². The van der Waals surface area contributed by atoms with Crippen molar-refractivity contribution in [2.75, 3.05) is 0 Å². The normalized spacial score (nSPS) is 13.6. The van der Waals surface area contributed by atoms with E-state index in [1.807, 2.05) is 30.3 Å². The Morgan fingerprint density at radius 2 is 1.88 bits per heavy atom. The molecule has 0 spiro atoms. The molecule has 0 aliphatic carbocycles. The molecule has 1 rings (SSSR count). The maximum Gasteiger partial charge on any atom is 0.303 e. The molecule has 0 N–H and O–H groups in total. The van der Waals surface area contributed by atoms with Gasteiger partial charge in [0.25, 0.3) is 0 Å². The smallest absolute Gasteiger partial charge is 0.303 e. The third-order valence-electron chi connectivity index (χ3n) is 1.88. The predicted octanol–water partition coefficient (Wildman–Crippen LogP) is 4.00. The summed E-state index contributed by atoms with van der Waals surface area (Å²) in [5, 5.41) is 0. The molecule has 0 bridgehead atoms. The molecule has 0 aromatic heterocycles. The lowest BCUT2D eigenvalue weighted by molar-refractivity contribution is -0.143. The minimum atomic E-state index is -1.68. The minimum absolute atomic E-state index is 0.501. The zero-order valence-corrected chi connectivity index (χ0v) is 11.3.